The predicted molar refractivity (Wildman–Crippen MR) is 84.3 cm³/mol. The second-order valence-electron chi connectivity index (χ2n) is 6.53. The first-order valence-corrected chi connectivity index (χ1v) is 7.87. The maximum Gasteiger partial charge on any atom is 0.274 e. The topological polar surface area (TPSA) is 58.1 Å². The van der Waals surface area contributed by atoms with Gasteiger partial charge in [-0.2, -0.15) is 0 Å². The molecule has 0 radical (unpaired) electrons. The first-order chi connectivity index (χ1) is 10.0. The minimum Gasteiger partial charge on any atom is -0.369 e. The largest absolute Gasteiger partial charge is 0.369 e. The van der Waals surface area contributed by atoms with Crippen molar-refractivity contribution in [3.05, 3.63) is 18.1 Å². The first kappa shape index (κ1) is 15.7. The van der Waals surface area contributed by atoms with Gasteiger partial charge in [0.1, 0.15) is 11.5 Å². The van der Waals surface area contributed by atoms with E-state index in [4.69, 9.17) is 0 Å². The second-order valence-corrected chi connectivity index (χ2v) is 6.53. The summed E-state index contributed by atoms with van der Waals surface area (Å²) in [6.45, 7) is 9.10. The van der Waals surface area contributed by atoms with Crippen molar-refractivity contribution in [3.8, 4) is 0 Å². The molecule has 2 heterocycles. The minimum absolute atomic E-state index is 0.000323. The molecule has 1 N–H and O–H groups in total. The maximum absolute atomic E-state index is 12.6. The summed E-state index contributed by atoms with van der Waals surface area (Å²) in [7, 11) is 0. The van der Waals surface area contributed by atoms with E-state index in [1.807, 2.05) is 4.90 Å². The van der Waals surface area contributed by atoms with Crippen molar-refractivity contribution in [3.63, 3.8) is 0 Å². The van der Waals surface area contributed by atoms with Crippen molar-refractivity contribution < 1.29 is 4.79 Å². The van der Waals surface area contributed by atoms with Gasteiger partial charge in [-0.05, 0) is 31.1 Å². The molecule has 0 spiro atoms. The average Bonchev–Trinajstić information content (AvgIpc) is 2.65. The quantitative estimate of drug-likeness (QED) is 0.926. The third-order valence-electron chi connectivity index (χ3n) is 4.04. The zero-order valence-electron chi connectivity index (χ0n) is 13.4. The minimum atomic E-state index is 0.000323. The number of nitrogens with zero attached hydrogens (tertiary/aromatic N) is 3. The van der Waals surface area contributed by atoms with Crippen LogP contribution in [0.3, 0.4) is 0 Å². The number of hydrogen-bond donors (Lipinski definition) is 1. The van der Waals surface area contributed by atoms with E-state index in [9.17, 15) is 4.79 Å². The molecule has 0 atom stereocenters. The Kier molecular flexibility index (Phi) is 5.15. The van der Waals surface area contributed by atoms with Crippen LogP contribution >= 0.6 is 0 Å². The van der Waals surface area contributed by atoms with E-state index in [1.54, 1.807) is 12.4 Å². The van der Waals surface area contributed by atoms with Crippen LogP contribution in [-0.2, 0) is 0 Å². The molecule has 5 heteroatoms. The molecule has 1 aliphatic rings. The molecule has 1 saturated heterocycles. The van der Waals surface area contributed by atoms with Gasteiger partial charge in [-0.3, -0.25) is 9.78 Å². The van der Waals surface area contributed by atoms with Gasteiger partial charge in [0.05, 0.1) is 12.4 Å². The molecular weight excluding hydrogens is 264 g/mol. The Balaban J connectivity index is 2.05. The van der Waals surface area contributed by atoms with E-state index in [0.717, 1.165) is 38.9 Å². The number of rotatable bonds is 4. The molecule has 0 aliphatic carbocycles. The number of aromatic nitrogens is 2. The lowest BCUT2D eigenvalue weighted by Crippen LogP contribution is -2.33. The summed E-state index contributed by atoms with van der Waals surface area (Å²) in [4.78, 5) is 23.0. The smallest absolute Gasteiger partial charge is 0.274 e. The number of carbonyl (C=O) groups excluding carboxylic acids is 1. The third kappa shape index (κ3) is 4.41. The summed E-state index contributed by atoms with van der Waals surface area (Å²) >= 11 is 0. The Hall–Kier alpha value is -1.65. The van der Waals surface area contributed by atoms with Crippen LogP contribution < -0.4 is 5.32 Å². The van der Waals surface area contributed by atoms with Crippen LogP contribution in [0.25, 0.3) is 0 Å². The van der Waals surface area contributed by atoms with Crippen molar-refractivity contribution in [1.82, 2.24) is 14.9 Å². The SMILES string of the molecule is CCCNc1cncc(C(=O)N2CCCC(C)(C)CC2)n1. The van der Waals surface area contributed by atoms with Crippen LogP contribution in [-0.4, -0.2) is 40.4 Å². The third-order valence-corrected chi connectivity index (χ3v) is 4.04. The van der Waals surface area contributed by atoms with Crippen LogP contribution in [0, 0.1) is 5.41 Å². The monoisotopic (exact) mass is 290 g/mol. The lowest BCUT2D eigenvalue weighted by atomic mass is 9.85. The van der Waals surface area contributed by atoms with Gasteiger partial charge in [0.25, 0.3) is 5.91 Å². The van der Waals surface area contributed by atoms with E-state index in [-0.39, 0.29) is 5.91 Å². The Morgan fingerprint density at radius 1 is 1.33 bits per heavy atom. The highest BCUT2D eigenvalue weighted by atomic mass is 16.2. The number of carbonyl (C=O) groups is 1. The molecule has 1 amide bonds. The zero-order chi connectivity index (χ0) is 15.3. The molecule has 0 aromatic carbocycles. The molecule has 1 aromatic rings. The van der Waals surface area contributed by atoms with Crippen molar-refractivity contribution in [2.45, 2.75) is 46.5 Å². The standard InChI is InChI=1S/C16H26N4O/c1-4-8-18-14-12-17-11-13(19-14)15(21)20-9-5-6-16(2,3)7-10-20/h11-12H,4-10H2,1-3H3,(H,18,19). The summed E-state index contributed by atoms with van der Waals surface area (Å²) in [6, 6.07) is 0. The summed E-state index contributed by atoms with van der Waals surface area (Å²) < 4.78 is 0. The molecule has 1 fully saturated rings. The predicted octanol–water partition coefficient (Wildman–Crippen LogP) is 2.95. The van der Waals surface area contributed by atoms with Gasteiger partial charge in [-0.25, -0.2) is 4.98 Å². The van der Waals surface area contributed by atoms with Gasteiger partial charge >= 0.3 is 0 Å². The highest BCUT2D eigenvalue weighted by Gasteiger charge is 2.26. The lowest BCUT2D eigenvalue weighted by Gasteiger charge is -2.23. The van der Waals surface area contributed by atoms with Gasteiger partial charge in [-0.1, -0.05) is 20.8 Å². The maximum atomic E-state index is 12.6. The van der Waals surface area contributed by atoms with Gasteiger partial charge in [0, 0.05) is 19.6 Å². The van der Waals surface area contributed by atoms with Crippen LogP contribution in [0.5, 0.6) is 0 Å². The summed E-state index contributed by atoms with van der Waals surface area (Å²) in [5.41, 5.74) is 0.765. The van der Waals surface area contributed by atoms with Crippen molar-refractivity contribution >= 4 is 11.7 Å². The summed E-state index contributed by atoms with van der Waals surface area (Å²) in [5, 5.41) is 3.17. The Morgan fingerprint density at radius 3 is 2.90 bits per heavy atom. The van der Waals surface area contributed by atoms with E-state index >= 15 is 0 Å². The number of likely N-dealkylation sites (tertiary alicyclic amines) is 1. The molecular formula is C16H26N4O. The highest BCUT2D eigenvalue weighted by Crippen LogP contribution is 2.30. The van der Waals surface area contributed by atoms with Gasteiger partial charge < -0.3 is 10.2 Å². The highest BCUT2D eigenvalue weighted by molar-refractivity contribution is 5.92. The first-order valence-electron chi connectivity index (χ1n) is 7.87. The van der Waals surface area contributed by atoms with Gasteiger partial charge in [-0.15, -0.1) is 0 Å². The van der Waals surface area contributed by atoms with Crippen molar-refractivity contribution in [2.75, 3.05) is 25.0 Å². The number of nitrogens with one attached hydrogen (secondary N) is 1. The van der Waals surface area contributed by atoms with Crippen LogP contribution in [0.15, 0.2) is 12.4 Å². The zero-order valence-corrected chi connectivity index (χ0v) is 13.4. The number of amides is 1. The van der Waals surface area contributed by atoms with Crippen LogP contribution in [0.1, 0.15) is 56.9 Å². The molecule has 1 aliphatic heterocycles. The van der Waals surface area contributed by atoms with Crippen molar-refractivity contribution in [2.24, 2.45) is 5.41 Å². The molecule has 1 aromatic heterocycles. The molecule has 2 rings (SSSR count). The lowest BCUT2D eigenvalue weighted by molar-refractivity contribution is 0.0751. The van der Waals surface area contributed by atoms with E-state index in [1.165, 1.54) is 6.42 Å². The van der Waals surface area contributed by atoms with Crippen molar-refractivity contribution in [1.29, 1.82) is 0 Å². The second kappa shape index (κ2) is 6.87. The normalized spacial score (nSPS) is 18.1. The number of hydrogen-bond acceptors (Lipinski definition) is 4. The molecule has 116 valence electrons. The van der Waals surface area contributed by atoms with E-state index in [2.05, 4.69) is 36.1 Å². The van der Waals surface area contributed by atoms with E-state index < -0.39 is 0 Å². The Bertz CT molecular complexity index is 487. The fraction of sp³-hybridized carbons (Fsp3) is 0.688. The summed E-state index contributed by atoms with van der Waals surface area (Å²) in [6.07, 6.45) is 7.51. The van der Waals surface area contributed by atoms with Gasteiger partial charge in [0.2, 0.25) is 0 Å². The van der Waals surface area contributed by atoms with Crippen LogP contribution in [0.4, 0.5) is 5.82 Å². The molecule has 0 saturated carbocycles. The molecule has 0 bridgehead atoms. The van der Waals surface area contributed by atoms with Crippen LogP contribution in [0.2, 0.25) is 0 Å². The fourth-order valence-corrected chi connectivity index (χ4v) is 2.60. The Morgan fingerprint density at radius 2 is 2.14 bits per heavy atom. The molecule has 21 heavy (non-hydrogen) atoms. The number of anilines is 1. The van der Waals surface area contributed by atoms with E-state index in [0.29, 0.717) is 16.9 Å². The Labute approximate surface area is 127 Å². The molecule has 0 unspecified atom stereocenters. The van der Waals surface area contributed by atoms with Gasteiger partial charge in [0.15, 0.2) is 0 Å². The average molecular weight is 290 g/mol. The molecule has 5 nitrogen and oxygen atoms in total. The summed E-state index contributed by atoms with van der Waals surface area (Å²) in [5.74, 6) is 0.679. The fourth-order valence-electron chi connectivity index (χ4n) is 2.60.